The van der Waals surface area contributed by atoms with Gasteiger partial charge >= 0.3 is 24.3 Å². The molecule has 2 N–H and O–H groups in total. The monoisotopic (exact) mass is 586 g/mol. The smallest absolute Gasteiger partial charge is 0.475 e. The molecule has 2 aromatic heterocycles. The molecule has 216 valence electrons. The van der Waals surface area contributed by atoms with Gasteiger partial charge in [-0.25, -0.2) is 14.6 Å². The van der Waals surface area contributed by atoms with Crippen molar-refractivity contribution in [2.45, 2.75) is 25.3 Å². The highest BCUT2D eigenvalue weighted by atomic mass is 32.1. The molecule has 4 heterocycles. The van der Waals surface area contributed by atoms with E-state index in [1.54, 1.807) is 23.6 Å². The van der Waals surface area contributed by atoms with E-state index >= 15 is 0 Å². The van der Waals surface area contributed by atoms with Crippen molar-refractivity contribution in [1.82, 2.24) is 19.8 Å². The van der Waals surface area contributed by atoms with Gasteiger partial charge in [-0.1, -0.05) is 6.07 Å². The molecule has 10 nitrogen and oxygen atoms in total. The summed E-state index contributed by atoms with van der Waals surface area (Å²) >= 11 is 1.69. The number of rotatable bonds is 3. The predicted molar refractivity (Wildman–Crippen MR) is 123 cm³/mol. The number of thiazole rings is 1. The Kier molecular flexibility index (Phi) is 11.2. The van der Waals surface area contributed by atoms with Gasteiger partial charge < -0.3 is 19.8 Å². The lowest BCUT2D eigenvalue weighted by molar-refractivity contribution is -0.193. The van der Waals surface area contributed by atoms with Crippen LogP contribution in [0.4, 0.5) is 26.3 Å². The molecule has 1 unspecified atom stereocenters. The highest BCUT2D eigenvalue weighted by Gasteiger charge is 2.42. The number of nitrogens with zero attached hydrogens (tertiary/aromatic N) is 4. The highest BCUT2D eigenvalue weighted by molar-refractivity contribution is 7.09. The van der Waals surface area contributed by atoms with E-state index in [9.17, 15) is 31.1 Å². The molecular formula is C22H24F6N4O6S. The summed E-state index contributed by atoms with van der Waals surface area (Å²) in [7, 11) is 0. The van der Waals surface area contributed by atoms with Gasteiger partial charge in [0.05, 0.1) is 19.8 Å². The van der Waals surface area contributed by atoms with Crippen LogP contribution in [0.3, 0.4) is 0 Å². The van der Waals surface area contributed by atoms with Gasteiger partial charge in [0.25, 0.3) is 5.91 Å². The maximum absolute atomic E-state index is 12.8. The Bertz CT molecular complexity index is 1060. The van der Waals surface area contributed by atoms with Crippen molar-refractivity contribution in [3.63, 3.8) is 0 Å². The van der Waals surface area contributed by atoms with Crippen LogP contribution in [0.25, 0.3) is 0 Å². The van der Waals surface area contributed by atoms with E-state index in [1.807, 2.05) is 28.6 Å². The van der Waals surface area contributed by atoms with Crippen molar-refractivity contribution in [2.24, 2.45) is 5.41 Å². The van der Waals surface area contributed by atoms with Crippen molar-refractivity contribution < 1.29 is 55.7 Å². The number of hydrogen-bond donors (Lipinski definition) is 2. The largest absolute Gasteiger partial charge is 0.490 e. The summed E-state index contributed by atoms with van der Waals surface area (Å²) in [6.07, 6.45) is -5.60. The van der Waals surface area contributed by atoms with Gasteiger partial charge in [-0.2, -0.15) is 26.3 Å². The van der Waals surface area contributed by atoms with Crippen molar-refractivity contribution in [2.75, 3.05) is 39.4 Å². The number of hydrogen-bond acceptors (Lipinski definition) is 8. The molecule has 39 heavy (non-hydrogen) atoms. The van der Waals surface area contributed by atoms with Crippen LogP contribution in [0.1, 0.15) is 21.9 Å². The number of carbonyl (C=O) groups excluding carboxylic acids is 1. The molecule has 0 saturated carbocycles. The van der Waals surface area contributed by atoms with Crippen molar-refractivity contribution in [3.05, 3.63) is 46.7 Å². The van der Waals surface area contributed by atoms with Crippen molar-refractivity contribution >= 4 is 29.2 Å². The van der Waals surface area contributed by atoms with Crippen molar-refractivity contribution in [3.8, 4) is 0 Å². The molecule has 0 radical (unpaired) electrons. The third-order valence-corrected chi connectivity index (χ3v) is 6.22. The van der Waals surface area contributed by atoms with Gasteiger partial charge in [0.2, 0.25) is 0 Å². The Morgan fingerprint density at radius 3 is 2.13 bits per heavy atom. The van der Waals surface area contributed by atoms with Gasteiger partial charge in [0.1, 0.15) is 10.7 Å². The Labute approximate surface area is 221 Å². The lowest BCUT2D eigenvalue weighted by Crippen LogP contribution is -2.43. The number of ether oxygens (including phenoxy) is 1. The molecule has 2 saturated heterocycles. The first-order valence-electron chi connectivity index (χ1n) is 11.1. The van der Waals surface area contributed by atoms with E-state index in [4.69, 9.17) is 24.5 Å². The Morgan fingerprint density at radius 2 is 1.62 bits per heavy atom. The molecule has 1 spiro atoms. The topological polar surface area (TPSA) is 133 Å². The molecule has 17 heteroatoms. The number of amides is 1. The summed E-state index contributed by atoms with van der Waals surface area (Å²) in [4.78, 5) is 43.6. The molecule has 2 aliphatic rings. The molecule has 2 fully saturated rings. The van der Waals surface area contributed by atoms with Crippen molar-refractivity contribution in [1.29, 1.82) is 0 Å². The van der Waals surface area contributed by atoms with E-state index in [2.05, 4.69) is 14.9 Å². The van der Waals surface area contributed by atoms with E-state index in [0.717, 1.165) is 37.6 Å². The van der Waals surface area contributed by atoms with Gasteiger partial charge in [-0.05, 0) is 25.1 Å². The molecule has 4 rings (SSSR count). The van der Waals surface area contributed by atoms with Gasteiger partial charge in [-0.3, -0.25) is 14.7 Å². The van der Waals surface area contributed by atoms with Crippen LogP contribution in [0.15, 0.2) is 36.0 Å². The van der Waals surface area contributed by atoms with Gasteiger partial charge in [0, 0.05) is 42.8 Å². The van der Waals surface area contributed by atoms with Crippen LogP contribution in [-0.4, -0.2) is 99.6 Å². The summed E-state index contributed by atoms with van der Waals surface area (Å²) in [5.41, 5.74) is 0.523. The first-order chi connectivity index (χ1) is 18.1. The first-order valence-corrected chi connectivity index (χ1v) is 12.0. The fraction of sp³-hybridized carbons (Fsp3) is 0.500. The fourth-order valence-electron chi connectivity index (χ4n) is 3.75. The first kappa shape index (κ1) is 31.9. The molecule has 1 atom stereocenters. The quantitative estimate of drug-likeness (QED) is 0.521. The molecule has 2 aliphatic heterocycles. The lowest BCUT2D eigenvalue weighted by Gasteiger charge is -2.31. The molecule has 0 bridgehead atoms. The number of aliphatic carboxylic acids is 2. The number of alkyl halides is 6. The van der Waals surface area contributed by atoms with Crippen LogP contribution in [0.2, 0.25) is 0 Å². The second-order valence-electron chi connectivity index (χ2n) is 8.49. The predicted octanol–water partition coefficient (Wildman–Crippen LogP) is 3.17. The number of halogens is 6. The maximum Gasteiger partial charge on any atom is 0.490 e. The van der Waals surface area contributed by atoms with E-state index < -0.39 is 24.3 Å². The minimum atomic E-state index is -5.08. The number of carboxylic acids is 2. The second kappa shape index (κ2) is 13.7. The fourth-order valence-corrected chi connectivity index (χ4v) is 4.41. The number of aromatic nitrogens is 2. The summed E-state index contributed by atoms with van der Waals surface area (Å²) in [5, 5.41) is 17.4. The molecule has 1 amide bonds. The van der Waals surface area contributed by atoms with Crippen LogP contribution < -0.4 is 0 Å². The van der Waals surface area contributed by atoms with E-state index in [1.165, 1.54) is 0 Å². The summed E-state index contributed by atoms with van der Waals surface area (Å²) in [5.74, 6) is -5.51. The lowest BCUT2D eigenvalue weighted by atomic mass is 9.87. The second-order valence-corrected chi connectivity index (χ2v) is 9.47. The summed E-state index contributed by atoms with van der Waals surface area (Å²) < 4.78 is 69.4. The van der Waals surface area contributed by atoms with Gasteiger partial charge in [0.15, 0.2) is 0 Å². The molecular weight excluding hydrogens is 562 g/mol. The zero-order chi connectivity index (χ0) is 29.3. The molecule has 2 aromatic rings. The van der Waals surface area contributed by atoms with Crippen LogP contribution in [-0.2, 0) is 20.9 Å². The number of likely N-dealkylation sites (tertiary alicyclic amines) is 1. The molecule has 0 aromatic carbocycles. The summed E-state index contributed by atoms with van der Waals surface area (Å²) in [6.45, 7) is 5.52. The highest BCUT2D eigenvalue weighted by Crippen LogP contribution is 2.34. The van der Waals surface area contributed by atoms with Gasteiger partial charge in [-0.15, -0.1) is 11.3 Å². The number of carbonyl (C=O) groups is 3. The third kappa shape index (κ3) is 10.4. The Balaban J connectivity index is 0.000000317. The minimum Gasteiger partial charge on any atom is -0.475 e. The zero-order valence-corrected chi connectivity index (χ0v) is 20.9. The third-order valence-electron chi connectivity index (χ3n) is 5.46. The zero-order valence-electron chi connectivity index (χ0n) is 20.1. The normalized spacial score (nSPS) is 19.8. The number of carboxylic acid groups (broad SMARTS) is 2. The maximum atomic E-state index is 12.8. The van der Waals surface area contributed by atoms with E-state index in [-0.39, 0.29) is 11.3 Å². The van der Waals surface area contributed by atoms with Crippen LogP contribution in [0, 0.1) is 5.41 Å². The van der Waals surface area contributed by atoms with Crippen LogP contribution in [0.5, 0.6) is 0 Å². The summed E-state index contributed by atoms with van der Waals surface area (Å²) in [6, 6.07) is 5.47. The minimum absolute atomic E-state index is 0.00356. The standard InChI is InChI=1S/C18H22N4O2S.2C2HF3O2/c23-17(15-3-1-2-5-19-15)22-8-9-24-14-18(13-22)4-7-21(12-18)11-16-20-6-10-25-16;2*3-2(4,5)1(6)7/h1-3,5-6,10H,4,7-9,11-14H2;2*(H,6,7). The average Bonchev–Trinajstić information content (AvgIpc) is 3.45. The Hall–Kier alpha value is -3.31. The SMILES string of the molecule is O=C(O)C(F)(F)F.O=C(O)C(F)(F)F.O=C(c1ccccn1)N1CCOCC2(CCN(Cc3nccs3)C2)C1. The van der Waals surface area contributed by atoms with E-state index in [0.29, 0.717) is 25.5 Å². The van der Waals surface area contributed by atoms with Crippen LogP contribution >= 0.6 is 11.3 Å². The Morgan fingerprint density at radius 1 is 0.974 bits per heavy atom. The average molecular weight is 587 g/mol. The molecule has 0 aliphatic carbocycles. The number of pyridine rings is 1.